The fourth-order valence-corrected chi connectivity index (χ4v) is 5.50. The summed E-state index contributed by atoms with van der Waals surface area (Å²) in [5, 5.41) is 9.20. The molecule has 2 amide bonds. The number of sulfonamides is 1. The fourth-order valence-electron chi connectivity index (χ4n) is 3.73. The van der Waals surface area contributed by atoms with Gasteiger partial charge in [-0.05, 0) is 42.8 Å². The molecule has 2 atom stereocenters. The van der Waals surface area contributed by atoms with Crippen LogP contribution >= 0.6 is 0 Å². The molecule has 0 saturated heterocycles. The third-order valence-corrected chi connectivity index (χ3v) is 7.29. The molecule has 3 rings (SSSR count). The fraction of sp³-hybridized carbons (Fsp3) is 0.227. The predicted octanol–water partition coefficient (Wildman–Crippen LogP) is 4.41. The number of anilines is 1. The van der Waals surface area contributed by atoms with Crippen molar-refractivity contribution in [2.24, 2.45) is 0 Å². The molecule has 0 aromatic heterocycles. The van der Waals surface area contributed by atoms with E-state index in [0.29, 0.717) is 10.4 Å². The maximum atomic E-state index is 13.5. The van der Waals surface area contributed by atoms with E-state index < -0.39 is 44.6 Å². The topological polar surface area (TPSA) is 103 Å². The van der Waals surface area contributed by atoms with Gasteiger partial charge < -0.3 is 0 Å². The van der Waals surface area contributed by atoms with Gasteiger partial charge >= 0.3 is 12.2 Å². The maximum absolute atomic E-state index is 13.5. The van der Waals surface area contributed by atoms with Crippen LogP contribution in [0.4, 0.5) is 23.7 Å². The van der Waals surface area contributed by atoms with Gasteiger partial charge in [0, 0.05) is 22.5 Å². The number of urea groups is 1. The monoisotopic (exact) mass is 522 g/mol. The van der Waals surface area contributed by atoms with Crippen molar-refractivity contribution in [1.29, 1.82) is 5.26 Å². The zero-order chi connectivity index (χ0) is 26.3. The third kappa shape index (κ3) is 4.78. The largest absolute Gasteiger partial charge is 0.416 e. The van der Waals surface area contributed by atoms with Crippen LogP contribution in [0.1, 0.15) is 29.7 Å². The first-order valence-electron chi connectivity index (χ1n) is 9.68. The number of hydrogen-bond donors (Lipinski definition) is 0. The van der Waals surface area contributed by atoms with Crippen LogP contribution in [0.3, 0.4) is 0 Å². The van der Waals surface area contributed by atoms with Gasteiger partial charge in [-0.15, -0.1) is 0 Å². The first-order valence-corrected chi connectivity index (χ1v) is 13.1. The molecule has 0 N–H and O–H groups in total. The van der Waals surface area contributed by atoms with E-state index in [1.165, 1.54) is 37.4 Å². The number of amides is 2. The second-order valence-electron chi connectivity index (χ2n) is 7.53. The second kappa shape index (κ2) is 9.17. The molecular formula is C22H17F3N4O4S2. The minimum Gasteiger partial charge on any atom is -0.277 e. The molecule has 0 bridgehead atoms. The minimum absolute atomic E-state index is 0.0389. The molecule has 35 heavy (non-hydrogen) atoms. The van der Waals surface area contributed by atoms with Crippen LogP contribution in [0.25, 0.3) is 4.85 Å². The van der Waals surface area contributed by atoms with Crippen molar-refractivity contribution in [3.63, 3.8) is 0 Å². The molecule has 182 valence electrons. The van der Waals surface area contributed by atoms with Crippen LogP contribution in [0.2, 0.25) is 0 Å². The summed E-state index contributed by atoms with van der Waals surface area (Å²) in [6, 6.07) is 6.76. The van der Waals surface area contributed by atoms with E-state index in [9.17, 15) is 35.9 Å². The lowest BCUT2D eigenvalue weighted by Crippen LogP contribution is -2.51. The van der Waals surface area contributed by atoms with E-state index in [1.807, 2.05) is 6.07 Å². The number of alkyl halides is 3. The van der Waals surface area contributed by atoms with Gasteiger partial charge in [-0.1, -0.05) is 12.1 Å². The first kappa shape index (κ1) is 25.9. The van der Waals surface area contributed by atoms with Crippen LogP contribution in [0, 0.1) is 17.9 Å². The summed E-state index contributed by atoms with van der Waals surface area (Å²) in [4.78, 5) is 17.7. The molecule has 0 radical (unpaired) electrons. The van der Waals surface area contributed by atoms with E-state index in [0.717, 1.165) is 23.3 Å². The Bertz CT molecular complexity index is 1470. The zero-order valence-electron chi connectivity index (χ0n) is 18.5. The van der Waals surface area contributed by atoms with Gasteiger partial charge in [-0.3, -0.25) is 9.11 Å². The molecule has 0 spiro atoms. The van der Waals surface area contributed by atoms with Gasteiger partial charge in [0.15, 0.2) is 0 Å². The van der Waals surface area contributed by atoms with Crippen molar-refractivity contribution in [2.75, 3.05) is 17.4 Å². The molecule has 0 saturated carbocycles. The van der Waals surface area contributed by atoms with E-state index in [-0.39, 0.29) is 33.1 Å². The summed E-state index contributed by atoms with van der Waals surface area (Å²) >= 11 is 0. The van der Waals surface area contributed by atoms with E-state index in [2.05, 4.69) is 4.85 Å². The molecule has 1 aliphatic heterocycles. The number of carbonyl (C=O) groups excluding carboxylic acids is 1. The Morgan fingerprint density at radius 1 is 1.20 bits per heavy atom. The van der Waals surface area contributed by atoms with Crippen molar-refractivity contribution < 1.29 is 30.6 Å². The zero-order valence-corrected chi connectivity index (χ0v) is 20.1. The predicted molar refractivity (Wildman–Crippen MR) is 122 cm³/mol. The Morgan fingerprint density at radius 2 is 1.86 bits per heavy atom. The van der Waals surface area contributed by atoms with E-state index >= 15 is 0 Å². The number of halogens is 3. The van der Waals surface area contributed by atoms with Gasteiger partial charge in [0.1, 0.15) is 6.04 Å². The maximum Gasteiger partial charge on any atom is 0.416 e. The molecule has 1 aliphatic rings. The molecule has 2 aromatic carbocycles. The van der Waals surface area contributed by atoms with Crippen molar-refractivity contribution in [1.82, 2.24) is 4.31 Å². The molecular weight excluding hydrogens is 505 g/mol. The first-order chi connectivity index (χ1) is 16.2. The van der Waals surface area contributed by atoms with Crippen molar-refractivity contribution in [2.45, 2.75) is 24.0 Å². The lowest BCUT2D eigenvalue weighted by Gasteiger charge is -2.40. The van der Waals surface area contributed by atoms with Crippen molar-refractivity contribution >= 4 is 32.5 Å². The van der Waals surface area contributed by atoms with Crippen molar-refractivity contribution in [3.8, 4) is 6.07 Å². The number of hydrogen-bond acceptors (Lipinski definition) is 5. The van der Waals surface area contributed by atoms with Crippen LogP contribution < -0.4 is 4.90 Å². The Morgan fingerprint density at radius 3 is 2.37 bits per heavy atom. The third-order valence-electron chi connectivity index (χ3n) is 5.24. The summed E-state index contributed by atoms with van der Waals surface area (Å²) in [6.45, 7) is 9.03. The van der Waals surface area contributed by atoms with E-state index in [4.69, 9.17) is 6.57 Å². The summed E-state index contributed by atoms with van der Waals surface area (Å²) < 4.78 is 78.3. The van der Waals surface area contributed by atoms with E-state index in [1.54, 1.807) is 0 Å². The van der Waals surface area contributed by atoms with Crippen LogP contribution in [-0.4, -0.2) is 35.5 Å². The van der Waals surface area contributed by atoms with Crippen LogP contribution in [0.15, 0.2) is 58.8 Å². The quantitative estimate of drug-likeness (QED) is 0.554. The molecule has 1 heterocycles. The van der Waals surface area contributed by atoms with Crippen LogP contribution in [0.5, 0.6) is 0 Å². The number of allylic oxidation sites excluding steroid dienone is 1. The average molecular weight is 523 g/mol. The van der Waals surface area contributed by atoms with Gasteiger partial charge in [0.05, 0.1) is 40.8 Å². The Hall–Kier alpha value is -3.68. The summed E-state index contributed by atoms with van der Waals surface area (Å²) in [5.41, 5.74) is -1.55. The summed E-state index contributed by atoms with van der Waals surface area (Å²) in [7, 11) is -6.14. The smallest absolute Gasteiger partial charge is 0.277 e. The summed E-state index contributed by atoms with van der Waals surface area (Å²) in [5.74, 6) is 0. The minimum atomic E-state index is -4.73. The van der Waals surface area contributed by atoms with Gasteiger partial charge in [-0.2, -0.15) is 18.4 Å². The molecule has 8 nitrogen and oxygen atoms in total. The van der Waals surface area contributed by atoms with Gasteiger partial charge in [0.2, 0.25) is 15.7 Å². The van der Waals surface area contributed by atoms with Crippen LogP contribution in [-0.2, 0) is 27.0 Å². The Kier molecular flexibility index (Phi) is 6.79. The normalized spacial score (nSPS) is 17.7. The Balaban J connectivity index is 2.37. The Labute approximate surface area is 202 Å². The average Bonchev–Trinajstić information content (AvgIpc) is 2.77. The van der Waals surface area contributed by atoms with Crippen molar-refractivity contribution in [3.05, 3.63) is 82.0 Å². The molecule has 0 aliphatic carbocycles. The second-order valence-corrected chi connectivity index (χ2v) is 10.7. The highest BCUT2D eigenvalue weighted by Crippen LogP contribution is 2.43. The standard InChI is InChI=1S/C22H17F3N4O4S2/c1-13-19(27-2)20(17-9-8-14(12-26)10-18(17)34(3)31)29(35(4,32)33)21(30)28(13)16-7-5-6-15(11-16)22(23,24)25/h5-11,20H,1,3-4H3/t20-,34?/m1/s1. The molecule has 0 fully saturated rings. The lowest BCUT2D eigenvalue weighted by atomic mass is 9.98. The molecule has 13 heteroatoms. The number of carbonyl (C=O) groups is 1. The van der Waals surface area contributed by atoms with Gasteiger partial charge in [-0.25, -0.2) is 22.4 Å². The lowest BCUT2D eigenvalue weighted by molar-refractivity contribution is -0.137. The highest BCUT2D eigenvalue weighted by molar-refractivity contribution is 7.89. The molecule has 2 aromatic rings. The van der Waals surface area contributed by atoms with Gasteiger partial charge in [0.25, 0.3) is 0 Å². The highest BCUT2D eigenvalue weighted by atomic mass is 32.2. The number of benzene rings is 2. The molecule has 1 unspecified atom stereocenters. The summed E-state index contributed by atoms with van der Waals surface area (Å²) in [6.07, 6.45) is -2.72. The SMILES string of the molecule is [C-]#[N+]C1=C(C)N(c2cccc(C(F)(F)F)c2)C(=O)N(S(C)(=O)=O)[C@@H]1c1ccc(C#N)cc1S(C)=O. The highest BCUT2D eigenvalue weighted by Gasteiger charge is 2.46. The number of nitriles is 1. The number of nitrogens with zero attached hydrogens (tertiary/aromatic N) is 4. The number of rotatable bonds is 4.